The number of aromatic nitrogens is 2. The molecular weight excluding hydrogens is 286 g/mol. The van der Waals surface area contributed by atoms with E-state index in [-0.39, 0.29) is 16.6 Å². The maximum atomic E-state index is 10.6. The van der Waals surface area contributed by atoms with Crippen LogP contribution in [0.5, 0.6) is 11.8 Å². The number of pyridine rings is 2. The first-order valence-electron chi connectivity index (χ1n) is 5.38. The van der Waals surface area contributed by atoms with Crippen molar-refractivity contribution in [2.24, 2.45) is 0 Å². The Kier molecular flexibility index (Phi) is 3.90. The third-order valence-electron chi connectivity index (χ3n) is 2.38. The number of carboxylic acid groups (broad SMARTS) is 1. The fraction of sp³-hybridized carbons (Fsp3) is 0.0833. The molecule has 2 aromatic heterocycles. The molecule has 0 atom stereocenters. The average Bonchev–Trinajstić information content (AvgIpc) is 2.43. The molecule has 0 saturated heterocycles. The number of nitrogens with two attached hydrogens (primary N) is 1. The number of hydrogen-bond acceptors (Lipinski definition) is 6. The number of halogens is 1. The van der Waals surface area contributed by atoms with Gasteiger partial charge in [-0.3, -0.25) is 0 Å². The number of carbonyl (C=O) groups is 1. The summed E-state index contributed by atoms with van der Waals surface area (Å²) in [5.74, 6) is 0.169. The minimum absolute atomic E-state index is 0.0578. The quantitative estimate of drug-likeness (QED) is 0.837. The topological polar surface area (TPSA) is 108 Å². The van der Waals surface area contributed by atoms with Crippen molar-refractivity contribution in [3.05, 3.63) is 29.4 Å². The van der Waals surface area contributed by atoms with E-state index in [4.69, 9.17) is 27.2 Å². The second-order valence-electron chi connectivity index (χ2n) is 3.67. The summed E-state index contributed by atoms with van der Waals surface area (Å²) in [6.45, 7) is 0. The highest BCUT2D eigenvalue weighted by Crippen LogP contribution is 2.32. The second-order valence-corrected chi connectivity index (χ2v) is 4.05. The molecule has 104 valence electrons. The molecular formula is C12H10ClN3O4. The standard InChI is InChI=1S/C12H10ClN3O4/c1-19-9-3-2-6(5-15-9)8-4-7(14)10(13)11(16-8)20-12(17)18/h2-5H,1H3,(H2,14,16)(H,17,18). The lowest BCUT2D eigenvalue weighted by Crippen LogP contribution is -2.06. The molecule has 0 amide bonds. The summed E-state index contributed by atoms with van der Waals surface area (Å²) in [5.41, 5.74) is 6.86. The highest BCUT2D eigenvalue weighted by molar-refractivity contribution is 6.34. The Balaban J connectivity index is 2.45. The number of hydrogen-bond donors (Lipinski definition) is 2. The molecule has 2 aromatic rings. The van der Waals surface area contributed by atoms with Crippen LogP contribution in [0.25, 0.3) is 11.3 Å². The van der Waals surface area contributed by atoms with Crippen molar-refractivity contribution in [1.82, 2.24) is 9.97 Å². The number of nitrogens with zero attached hydrogens (tertiary/aromatic N) is 2. The zero-order valence-electron chi connectivity index (χ0n) is 10.3. The molecule has 0 saturated carbocycles. The molecule has 8 heteroatoms. The summed E-state index contributed by atoms with van der Waals surface area (Å²) >= 11 is 5.83. The Bertz CT molecular complexity index is 646. The molecule has 0 aliphatic heterocycles. The van der Waals surface area contributed by atoms with E-state index >= 15 is 0 Å². The number of rotatable bonds is 3. The lowest BCUT2D eigenvalue weighted by atomic mass is 10.2. The third-order valence-corrected chi connectivity index (χ3v) is 2.76. The number of nitrogen functional groups attached to an aromatic ring is 1. The Morgan fingerprint density at radius 1 is 1.45 bits per heavy atom. The third kappa shape index (κ3) is 2.89. The first-order chi connectivity index (χ1) is 9.51. The highest BCUT2D eigenvalue weighted by Gasteiger charge is 2.14. The molecule has 0 aliphatic rings. The summed E-state index contributed by atoms with van der Waals surface area (Å²) in [6.07, 6.45) is -0.0113. The van der Waals surface area contributed by atoms with Gasteiger partial charge in [0.1, 0.15) is 5.02 Å². The largest absolute Gasteiger partial charge is 0.512 e. The van der Waals surface area contributed by atoms with E-state index in [1.54, 1.807) is 12.1 Å². The van der Waals surface area contributed by atoms with Crippen molar-refractivity contribution in [2.45, 2.75) is 0 Å². The summed E-state index contributed by atoms with van der Waals surface area (Å²) in [6, 6.07) is 4.84. The van der Waals surface area contributed by atoms with Crippen LogP contribution in [-0.2, 0) is 0 Å². The van der Waals surface area contributed by atoms with E-state index in [1.807, 2.05) is 0 Å². The fourth-order valence-electron chi connectivity index (χ4n) is 1.48. The lowest BCUT2D eigenvalue weighted by molar-refractivity contribution is 0.142. The van der Waals surface area contributed by atoms with E-state index in [9.17, 15) is 4.79 Å². The normalized spacial score (nSPS) is 10.1. The Hall–Kier alpha value is -2.54. The fourth-order valence-corrected chi connectivity index (χ4v) is 1.61. The van der Waals surface area contributed by atoms with Gasteiger partial charge in [-0.1, -0.05) is 11.6 Å². The maximum absolute atomic E-state index is 10.6. The van der Waals surface area contributed by atoms with Crippen LogP contribution in [0.1, 0.15) is 0 Å². The van der Waals surface area contributed by atoms with E-state index in [0.717, 1.165) is 0 Å². The smallest absolute Gasteiger partial charge is 0.481 e. The zero-order valence-corrected chi connectivity index (χ0v) is 11.1. The first-order valence-corrected chi connectivity index (χ1v) is 5.76. The number of anilines is 1. The minimum Gasteiger partial charge on any atom is -0.481 e. The maximum Gasteiger partial charge on any atom is 0.512 e. The van der Waals surface area contributed by atoms with Crippen molar-refractivity contribution in [3.63, 3.8) is 0 Å². The van der Waals surface area contributed by atoms with Gasteiger partial charge < -0.3 is 20.3 Å². The van der Waals surface area contributed by atoms with Gasteiger partial charge in [0.05, 0.1) is 18.5 Å². The second kappa shape index (κ2) is 5.62. The summed E-state index contributed by atoms with van der Waals surface area (Å²) in [5, 5.41) is 8.56. The molecule has 0 radical (unpaired) electrons. The van der Waals surface area contributed by atoms with Gasteiger partial charge in [0, 0.05) is 17.8 Å². The predicted molar refractivity (Wildman–Crippen MR) is 72.1 cm³/mol. The summed E-state index contributed by atoms with van der Waals surface area (Å²) < 4.78 is 9.43. The van der Waals surface area contributed by atoms with Crippen molar-refractivity contribution in [2.75, 3.05) is 12.8 Å². The number of ether oxygens (including phenoxy) is 2. The summed E-state index contributed by atoms with van der Waals surface area (Å²) in [4.78, 5) is 18.6. The Morgan fingerprint density at radius 2 is 2.20 bits per heavy atom. The van der Waals surface area contributed by atoms with Crippen LogP contribution in [0, 0.1) is 0 Å². The van der Waals surface area contributed by atoms with Crippen LogP contribution >= 0.6 is 11.6 Å². The van der Waals surface area contributed by atoms with Crippen LogP contribution in [0.2, 0.25) is 5.02 Å². The molecule has 0 spiro atoms. The van der Waals surface area contributed by atoms with Gasteiger partial charge in [0.25, 0.3) is 0 Å². The molecule has 0 aromatic carbocycles. The average molecular weight is 296 g/mol. The van der Waals surface area contributed by atoms with Crippen molar-refractivity contribution < 1.29 is 19.4 Å². The molecule has 3 N–H and O–H groups in total. The van der Waals surface area contributed by atoms with Gasteiger partial charge >= 0.3 is 6.16 Å². The van der Waals surface area contributed by atoms with E-state index in [1.165, 1.54) is 19.4 Å². The number of methoxy groups -OCH3 is 1. The molecule has 0 fully saturated rings. The van der Waals surface area contributed by atoms with Crippen molar-refractivity contribution in [1.29, 1.82) is 0 Å². The lowest BCUT2D eigenvalue weighted by Gasteiger charge is -2.08. The molecule has 0 bridgehead atoms. The molecule has 7 nitrogen and oxygen atoms in total. The van der Waals surface area contributed by atoms with E-state index in [2.05, 4.69) is 14.7 Å². The van der Waals surface area contributed by atoms with Crippen LogP contribution in [-0.4, -0.2) is 28.3 Å². The van der Waals surface area contributed by atoms with Crippen molar-refractivity contribution in [3.8, 4) is 23.0 Å². The molecule has 20 heavy (non-hydrogen) atoms. The van der Waals surface area contributed by atoms with E-state index in [0.29, 0.717) is 17.1 Å². The predicted octanol–water partition coefficient (Wildman–Crippen LogP) is 2.44. The van der Waals surface area contributed by atoms with Gasteiger partial charge in [-0.2, -0.15) is 0 Å². The molecule has 0 unspecified atom stereocenters. The van der Waals surface area contributed by atoms with Crippen LogP contribution in [0.15, 0.2) is 24.4 Å². The Morgan fingerprint density at radius 3 is 2.75 bits per heavy atom. The van der Waals surface area contributed by atoms with Crippen molar-refractivity contribution >= 4 is 23.4 Å². The van der Waals surface area contributed by atoms with Crippen LogP contribution in [0.3, 0.4) is 0 Å². The van der Waals surface area contributed by atoms with E-state index < -0.39 is 6.16 Å². The van der Waals surface area contributed by atoms with Gasteiger partial charge in [-0.25, -0.2) is 14.8 Å². The Labute approximate surface area is 118 Å². The molecule has 2 heterocycles. The minimum atomic E-state index is -1.52. The zero-order chi connectivity index (χ0) is 14.7. The first kappa shape index (κ1) is 13.9. The molecule has 2 rings (SSSR count). The molecule has 0 aliphatic carbocycles. The van der Waals surface area contributed by atoms with Gasteiger partial charge in [0.15, 0.2) is 0 Å². The highest BCUT2D eigenvalue weighted by atomic mass is 35.5. The SMILES string of the molecule is COc1ccc(-c2cc(N)c(Cl)c(OC(=O)O)n2)cn1. The monoisotopic (exact) mass is 295 g/mol. The van der Waals surface area contributed by atoms with Gasteiger partial charge in [-0.15, -0.1) is 0 Å². The van der Waals surface area contributed by atoms with Crippen LogP contribution in [0.4, 0.5) is 10.5 Å². The van der Waals surface area contributed by atoms with Gasteiger partial charge in [0.2, 0.25) is 11.8 Å². The summed E-state index contributed by atoms with van der Waals surface area (Å²) in [7, 11) is 1.50. The van der Waals surface area contributed by atoms with Gasteiger partial charge in [-0.05, 0) is 12.1 Å². The van der Waals surface area contributed by atoms with Crippen LogP contribution < -0.4 is 15.2 Å².